The van der Waals surface area contributed by atoms with Gasteiger partial charge in [-0.3, -0.25) is 0 Å². The van der Waals surface area contributed by atoms with Crippen molar-refractivity contribution < 1.29 is 14.6 Å². The molecule has 2 N–H and O–H groups in total. The molecule has 1 heterocycles. The fourth-order valence-electron chi connectivity index (χ4n) is 2.66. The third-order valence-electron chi connectivity index (χ3n) is 3.77. The third kappa shape index (κ3) is 5.73. The molecule has 1 aliphatic rings. The Morgan fingerprint density at radius 1 is 1.38 bits per heavy atom. The van der Waals surface area contributed by atoms with Gasteiger partial charge in [-0.25, -0.2) is 4.79 Å². The van der Waals surface area contributed by atoms with Crippen molar-refractivity contribution >= 4 is 6.09 Å². The highest BCUT2D eigenvalue weighted by molar-refractivity contribution is 5.67. The van der Waals surface area contributed by atoms with Crippen LogP contribution in [0.1, 0.15) is 18.4 Å². The van der Waals surface area contributed by atoms with Gasteiger partial charge in [0.25, 0.3) is 0 Å². The molecule has 1 saturated heterocycles. The number of nitrogens with one attached hydrogen (secondary N) is 1. The minimum absolute atomic E-state index is 0.194. The maximum Gasteiger partial charge on any atom is 0.407 e. The van der Waals surface area contributed by atoms with Crippen molar-refractivity contribution in [1.29, 1.82) is 0 Å². The quantitative estimate of drug-likeness (QED) is 0.836. The molecule has 2 rings (SSSR count). The second-order valence-electron chi connectivity index (χ2n) is 5.48. The first kappa shape index (κ1) is 15.8. The minimum Gasteiger partial charge on any atom is -0.445 e. The van der Waals surface area contributed by atoms with E-state index in [9.17, 15) is 4.79 Å². The number of carbonyl (C=O) groups is 1. The highest BCUT2D eigenvalue weighted by atomic mass is 16.5. The van der Waals surface area contributed by atoms with Crippen LogP contribution in [-0.2, 0) is 11.3 Å². The molecule has 0 unspecified atom stereocenters. The Morgan fingerprint density at radius 3 is 2.95 bits per heavy atom. The van der Waals surface area contributed by atoms with Crippen molar-refractivity contribution in [2.75, 3.05) is 32.8 Å². The van der Waals surface area contributed by atoms with E-state index in [0.29, 0.717) is 19.1 Å². The maximum absolute atomic E-state index is 11.7. The molecule has 1 aromatic carbocycles. The number of β-amino-alcohol motifs (C(OH)–C–C–N with tert-alkyl or cyclic N) is 1. The lowest BCUT2D eigenvalue weighted by Crippen LogP contribution is -2.42. The summed E-state index contributed by atoms with van der Waals surface area (Å²) in [5, 5.41) is 11.8. The van der Waals surface area contributed by atoms with Crippen LogP contribution in [0.25, 0.3) is 0 Å². The molecule has 0 aliphatic carbocycles. The van der Waals surface area contributed by atoms with Gasteiger partial charge in [-0.15, -0.1) is 0 Å². The standard InChI is InChI=1S/C16H24N2O3/c19-10-9-18-8-4-7-15(12-18)11-17-16(20)21-13-14-5-2-1-3-6-14/h1-3,5-6,15,19H,4,7-13H2,(H,17,20)/t15-/m0/s1. The lowest BCUT2D eigenvalue weighted by molar-refractivity contribution is 0.123. The van der Waals surface area contributed by atoms with E-state index in [1.165, 1.54) is 0 Å². The molecular weight excluding hydrogens is 268 g/mol. The molecular formula is C16H24N2O3. The molecule has 5 heteroatoms. The van der Waals surface area contributed by atoms with Crippen molar-refractivity contribution in [2.24, 2.45) is 5.92 Å². The minimum atomic E-state index is -0.363. The summed E-state index contributed by atoms with van der Waals surface area (Å²) in [6.07, 6.45) is 1.87. The number of benzene rings is 1. The number of likely N-dealkylation sites (tertiary alicyclic amines) is 1. The largest absolute Gasteiger partial charge is 0.445 e. The molecule has 5 nitrogen and oxygen atoms in total. The zero-order valence-corrected chi connectivity index (χ0v) is 12.3. The monoisotopic (exact) mass is 292 g/mol. The van der Waals surface area contributed by atoms with Gasteiger partial charge in [-0.2, -0.15) is 0 Å². The average Bonchev–Trinajstić information content (AvgIpc) is 2.53. The summed E-state index contributed by atoms with van der Waals surface area (Å²) in [5.41, 5.74) is 0.986. The highest BCUT2D eigenvalue weighted by Gasteiger charge is 2.20. The Balaban J connectivity index is 1.64. The van der Waals surface area contributed by atoms with Crippen molar-refractivity contribution in [2.45, 2.75) is 19.4 Å². The van der Waals surface area contributed by atoms with Gasteiger partial charge in [0.05, 0.1) is 6.61 Å². The van der Waals surface area contributed by atoms with Crippen molar-refractivity contribution in [3.8, 4) is 0 Å². The summed E-state index contributed by atoms with van der Waals surface area (Å²) in [7, 11) is 0. The summed E-state index contributed by atoms with van der Waals surface area (Å²) < 4.78 is 5.19. The summed E-state index contributed by atoms with van der Waals surface area (Å²) in [6, 6.07) is 9.65. The fraction of sp³-hybridized carbons (Fsp3) is 0.562. The van der Waals surface area contributed by atoms with Gasteiger partial charge < -0.3 is 20.1 Å². The lowest BCUT2D eigenvalue weighted by atomic mass is 9.98. The second kappa shape index (κ2) is 8.64. The number of hydrogen-bond acceptors (Lipinski definition) is 4. The van der Waals surface area contributed by atoms with Gasteiger partial charge in [-0.1, -0.05) is 30.3 Å². The molecule has 1 fully saturated rings. The number of amides is 1. The number of alkyl carbamates (subject to hydrolysis) is 1. The van der Waals surface area contributed by atoms with Gasteiger partial charge in [-0.05, 0) is 30.9 Å². The summed E-state index contributed by atoms with van der Waals surface area (Å²) in [4.78, 5) is 13.9. The average molecular weight is 292 g/mol. The first-order chi connectivity index (χ1) is 10.3. The van der Waals surface area contributed by atoms with Crippen molar-refractivity contribution in [1.82, 2.24) is 10.2 Å². The smallest absolute Gasteiger partial charge is 0.407 e. The lowest BCUT2D eigenvalue weighted by Gasteiger charge is -2.32. The molecule has 0 aromatic heterocycles. The first-order valence-electron chi connectivity index (χ1n) is 7.55. The van der Waals surface area contributed by atoms with Crippen molar-refractivity contribution in [3.05, 3.63) is 35.9 Å². The molecule has 116 valence electrons. The predicted molar refractivity (Wildman–Crippen MR) is 80.9 cm³/mol. The Labute approximate surface area is 125 Å². The number of hydrogen-bond donors (Lipinski definition) is 2. The molecule has 1 aromatic rings. The maximum atomic E-state index is 11.7. The van der Waals surface area contributed by atoms with Crippen LogP contribution in [0.15, 0.2) is 30.3 Å². The third-order valence-corrected chi connectivity index (χ3v) is 3.77. The molecule has 1 atom stereocenters. The van der Waals surface area contributed by atoms with Crippen LogP contribution in [0.3, 0.4) is 0 Å². The highest BCUT2D eigenvalue weighted by Crippen LogP contribution is 2.15. The van der Waals surface area contributed by atoms with Gasteiger partial charge in [0, 0.05) is 19.6 Å². The van der Waals surface area contributed by atoms with Crippen LogP contribution in [0.4, 0.5) is 4.79 Å². The number of piperidine rings is 1. The van der Waals surface area contributed by atoms with Gasteiger partial charge in [0.15, 0.2) is 0 Å². The van der Waals surface area contributed by atoms with E-state index in [2.05, 4.69) is 10.2 Å². The molecule has 0 saturated carbocycles. The van der Waals surface area contributed by atoms with Crippen LogP contribution in [-0.4, -0.2) is 48.9 Å². The van der Waals surface area contributed by atoms with E-state index in [1.807, 2.05) is 30.3 Å². The van der Waals surface area contributed by atoms with Crippen LogP contribution < -0.4 is 5.32 Å². The number of aliphatic hydroxyl groups is 1. The number of nitrogens with zero attached hydrogens (tertiary/aromatic N) is 1. The number of ether oxygens (including phenoxy) is 1. The zero-order valence-electron chi connectivity index (χ0n) is 12.3. The first-order valence-corrected chi connectivity index (χ1v) is 7.55. The topological polar surface area (TPSA) is 61.8 Å². The number of rotatable bonds is 6. The van der Waals surface area contributed by atoms with E-state index >= 15 is 0 Å². The molecule has 1 amide bonds. The van der Waals surface area contributed by atoms with Crippen LogP contribution in [0, 0.1) is 5.92 Å². The summed E-state index contributed by atoms with van der Waals surface area (Å²) >= 11 is 0. The zero-order chi connectivity index (χ0) is 14.9. The van der Waals surface area contributed by atoms with Gasteiger partial charge >= 0.3 is 6.09 Å². The summed E-state index contributed by atoms with van der Waals surface area (Å²) in [5.74, 6) is 0.439. The normalized spacial score (nSPS) is 19.2. The number of carbonyl (C=O) groups excluding carboxylic acids is 1. The number of aliphatic hydroxyl groups excluding tert-OH is 1. The van der Waals surface area contributed by atoms with Gasteiger partial charge in [0.2, 0.25) is 0 Å². The van der Waals surface area contributed by atoms with E-state index in [4.69, 9.17) is 9.84 Å². The van der Waals surface area contributed by atoms with E-state index < -0.39 is 0 Å². The van der Waals surface area contributed by atoms with Crippen LogP contribution >= 0.6 is 0 Å². The Kier molecular flexibility index (Phi) is 6.50. The van der Waals surface area contributed by atoms with E-state index in [-0.39, 0.29) is 12.7 Å². The second-order valence-corrected chi connectivity index (χ2v) is 5.48. The fourth-order valence-corrected chi connectivity index (χ4v) is 2.66. The van der Waals surface area contributed by atoms with Gasteiger partial charge in [0.1, 0.15) is 6.61 Å². The molecule has 1 aliphatic heterocycles. The van der Waals surface area contributed by atoms with Crippen molar-refractivity contribution in [3.63, 3.8) is 0 Å². The Hall–Kier alpha value is -1.59. The summed E-state index contributed by atoms with van der Waals surface area (Å²) in [6.45, 7) is 3.81. The predicted octanol–water partition coefficient (Wildman–Crippen LogP) is 1.62. The SMILES string of the molecule is O=C(NC[C@@H]1CCCN(CCO)C1)OCc1ccccc1. The Morgan fingerprint density at radius 2 is 2.19 bits per heavy atom. The molecule has 0 radical (unpaired) electrons. The molecule has 0 bridgehead atoms. The van der Waals surface area contributed by atoms with E-state index in [1.54, 1.807) is 0 Å². The Bertz CT molecular complexity index is 423. The van der Waals surface area contributed by atoms with Crippen LogP contribution in [0.5, 0.6) is 0 Å². The van der Waals surface area contributed by atoms with E-state index in [0.717, 1.165) is 38.0 Å². The molecule has 21 heavy (non-hydrogen) atoms. The molecule has 0 spiro atoms. The van der Waals surface area contributed by atoms with Crippen LogP contribution in [0.2, 0.25) is 0 Å².